The lowest BCUT2D eigenvalue weighted by Crippen LogP contribution is -2.45. The largest absolute Gasteiger partial charge is 0.374 e. The van der Waals surface area contributed by atoms with Crippen molar-refractivity contribution in [3.05, 3.63) is 0 Å². The summed E-state index contributed by atoms with van der Waals surface area (Å²) in [6.07, 6.45) is 4.93. The molecule has 1 aliphatic carbocycles. The summed E-state index contributed by atoms with van der Waals surface area (Å²) in [5, 5.41) is 0. The van der Waals surface area contributed by atoms with Gasteiger partial charge in [-0.15, -0.1) is 0 Å². The van der Waals surface area contributed by atoms with Crippen LogP contribution in [-0.2, 0) is 14.6 Å². The fourth-order valence-corrected chi connectivity index (χ4v) is 3.80. The van der Waals surface area contributed by atoms with E-state index in [1.165, 1.54) is 12.8 Å². The lowest BCUT2D eigenvalue weighted by molar-refractivity contribution is -0.0740. The maximum absolute atomic E-state index is 11.4. The quantitative estimate of drug-likeness (QED) is 0.699. The minimum Gasteiger partial charge on any atom is -0.374 e. The summed E-state index contributed by atoms with van der Waals surface area (Å²) in [5.74, 6) is 1.93. The number of sulfone groups is 1. The molecule has 0 saturated heterocycles. The summed E-state index contributed by atoms with van der Waals surface area (Å²) in [6, 6.07) is 0. The highest BCUT2D eigenvalue weighted by molar-refractivity contribution is 7.91. The third-order valence-corrected chi connectivity index (χ3v) is 6.49. The van der Waals surface area contributed by atoms with Crippen LogP contribution in [0.5, 0.6) is 0 Å². The molecule has 0 aliphatic heterocycles. The van der Waals surface area contributed by atoms with Crippen molar-refractivity contribution in [2.24, 2.45) is 17.6 Å². The van der Waals surface area contributed by atoms with Gasteiger partial charge < -0.3 is 10.5 Å². The molecule has 0 amide bonds. The lowest BCUT2D eigenvalue weighted by atomic mass is 9.74. The number of nitrogens with two attached hydrogens (primary N) is 1. The van der Waals surface area contributed by atoms with Crippen molar-refractivity contribution in [3.8, 4) is 0 Å². The first-order valence-corrected chi connectivity index (χ1v) is 9.71. The highest BCUT2D eigenvalue weighted by atomic mass is 32.2. The second-order valence-corrected chi connectivity index (χ2v) is 8.88. The highest BCUT2D eigenvalue weighted by Crippen LogP contribution is 2.37. The molecule has 1 saturated carbocycles. The van der Waals surface area contributed by atoms with Gasteiger partial charge in [0, 0.05) is 18.9 Å². The van der Waals surface area contributed by atoms with E-state index in [4.69, 9.17) is 10.5 Å². The molecule has 5 heteroatoms. The van der Waals surface area contributed by atoms with Crippen LogP contribution in [0.3, 0.4) is 0 Å². The van der Waals surface area contributed by atoms with Crippen molar-refractivity contribution in [2.75, 3.05) is 24.7 Å². The number of ether oxygens (including phenoxy) is 1. The lowest BCUT2D eigenvalue weighted by Gasteiger charge is -2.40. The van der Waals surface area contributed by atoms with Gasteiger partial charge in [0.05, 0.1) is 11.4 Å². The van der Waals surface area contributed by atoms with Gasteiger partial charge in [0.2, 0.25) is 0 Å². The fraction of sp³-hybridized carbons (Fsp3) is 1.00. The molecule has 0 spiro atoms. The Bertz CT molecular complexity index is 371. The van der Waals surface area contributed by atoms with Gasteiger partial charge in [-0.1, -0.05) is 20.8 Å². The maximum Gasteiger partial charge on any atom is 0.150 e. The molecule has 0 atom stereocenters. The van der Waals surface area contributed by atoms with E-state index in [9.17, 15) is 8.42 Å². The third-order valence-electron chi connectivity index (χ3n) is 4.70. The van der Waals surface area contributed by atoms with Crippen LogP contribution in [0.1, 0.15) is 52.9 Å². The first-order chi connectivity index (χ1) is 9.34. The summed E-state index contributed by atoms with van der Waals surface area (Å²) < 4.78 is 28.9. The van der Waals surface area contributed by atoms with E-state index < -0.39 is 9.84 Å². The summed E-state index contributed by atoms with van der Waals surface area (Å²) in [6.45, 7) is 7.28. The van der Waals surface area contributed by atoms with Crippen LogP contribution in [0.25, 0.3) is 0 Å². The predicted octanol–water partition coefficient (Wildman–Crippen LogP) is 2.37. The summed E-state index contributed by atoms with van der Waals surface area (Å²) in [4.78, 5) is 0. The van der Waals surface area contributed by atoms with Crippen LogP contribution in [0.2, 0.25) is 0 Å². The zero-order valence-electron chi connectivity index (χ0n) is 13.2. The van der Waals surface area contributed by atoms with Crippen molar-refractivity contribution in [1.29, 1.82) is 0 Å². The molecule has 0 radical (unpaired) electrons. The van der Waals surface area contributed by atoms with E-state index in [1.807, 2.05) is 0 Å². The van der Waals surface area contributed by atoms with Gasteiger partial charge in [-0.25, -0.2) is 8.42 Å². The monoisotopic (exact) mass is 305 g/mol. The topological polar surface area (TPSA) is 69.4 Å². The van der Waals surface area contributed by atoms with Crippen LogP contribution >= 0.6 is 0 Å². The standard InChI is InChI=1S/C15H31NO3S/c1-4-20(17,18)11-5-10-19-15(12-16)8-6-14(7-9-15)13(2)3/h13-14H,4-12,16H2,1-3H3. The molecule has 1 fully saturated rings. The molecule has 4 nitrogen and oxygen atoms in total. The molecule has 0 aromatic carbocycles. The van der Waals surface area contributed by atoms with E-state index in [2.05, 4.69) is 13.8 Å². The first-order valence-electron chi connectivity index (χ1n) is 7.88. The van der Waals surface area contributed by atoms with E-state index in [0.29, 0.717) is 19.6 Å². The van der Waals surface area contributed by atoms with Crippen LogP contribution in [0, 0.1) is 11.8 Å². The van der Waals surface area contributed by atoms with Gasteiger partial charge in [-0.05, 0) is 43.9 Å². The highest BCUT2D eigenvalue weighted by Gasteiger charge is 2.35. The van der Waals surface area contributed by atoms with E-state index in [1.54, 1.807) is 6.92 Å². The predicted molar refractivity (Wildman–Crippen MR) is 83.5 cm³/mol. The molecular formula is C15H31NO3S. The maximum atomic E-state index is 11.4. The Hall–Kier alpha value is -0.130. The third kappa shape index (κ3) is 5.34. The van der Waals surface area contributed by atoms with Crippen molar-refractivity contribution >= 4 is 9.84 Å². The molecule has 0 aromatic heterocycles. The Morgan fingerprint density at radius 2 is 1.90 bits per heavy atom. The zero-order chi connectivity index (χ0) is 15.2. The Labute approximate surface area is 124 Å². The Balaban J connectivity index is 2.37. The van der Waals surface area contributed by atoms with Crippen molar-refractivity contribution in [3.63, 3.8) is 0 Å². The van der Waals surface area contributed by atoms with Gasteiger partial charge in [0.1, 0.15) is 9.84 Å². The van der Waals surface area contributed by atoms with Crippen molar-refractivity contribution in [1.82, 2.24) is 0 Å². The van der Waals surface area contributed by atoms with Crippen molar-refractivity contribution < 1.29 is 13.2 Å². The van der Waals surface area contributed by atoms with Gasteiger partial charge in [-0.2, -0.15) is 0 Å². The molecule has 0 heterocycles. The minimum atomic E-state index is -2.88. The molecule has 20 heavy (non-hydrogen) atoms. The number of hydrogen-bond acceptors (Lipinski definition) is 4. The van der Waals surface area contributed by atoms with Crippen molar-refractivity contribution in [2.45, 2.75) is 58.5 Å². The second-order valence-electron chi connectivity index (χ2n) is 6.41. The number of rotatable bonds is 8. The molecule has 1 aliphatic rings. The Morgan fingerprint density at radius 3 is 2.35 bits per heavy atom. The molecule has 120 valence electrons. The Kier molecular flexibility index (Phi) is 6.95. The summed E-state index contributed by atoms with van der Waals surface area (Å²) in [7, 11) is -2.88. The normalized spacial score (nSPS) is 27.9. The average molecular weight is 305 g/mol. The molecule has 2 N–H and O–H groups in total. The fourth-order valence-electron chi connectivity index (χ4n) is 2.95. The van der Waals surface area contributed by atoms with Gasteiger partial charge >= 0.3 is 0 Å². The Morgan fingerprint density at radius 1 is 1.30 bits per heavy atom. The average Bonchev–Trinajstić information content (AvgIpc) is 2.44. The molecule has 0 aromatic rings. The molecular weight excluding hydrogens is 274 g/mol. The van der Waals surface area contributed by atoms with Crippen LogP contribution in [0.4, 0.5) is 0 Å². The van der Waals surface area contributed by atoms with E-state index in [0.717, 1.165) is 24.7 Å². The molecule has 0 bridgehead atoms. The van der Waals surface area contributed by atoms with Crippen LogP contribution in [0.15, 0.2) is 0 Å². The second kappa shape index (κ2) is 7.76. The summed E-state index contributed by atoms with van der Waals surface area (Å²) in [5.41, 5.74) is 5.70. The van der Waals surface area contributed by atoms with Crippen LogP contribution < -0.4 is 5.73 Å². The molecule has 1 rings (SSSR count). The SMILES string of the molecule is CCS(=O)(=O)CCCOC1(CN)CCC(C(C)C)CC1. The van der Waals surface area contributed by atoms with Gasteiger partial charge in [0.25, 0.3) is 0 Å². The van der Waals surface area contributed by atoms with Gasteiger partial charge in [0.15, 0.2) is 0 Å². The zero-order valence-corrected chi connectivity index (χ0v) is 14.0. The van der Waals surface area contributed by atoms with E-state index >= 15 is 0 Å². The number of hydrogen-bond donors (Lipinski definition) is 1. The first kappa shape index (κ1) is 17.9. The van der Waals surface area contributed by atoms with Gasteiger partial charge in [-0.3, -0.25) is 0 Å². The van der Waals surface area contributed by atoms with E-state index in [-0.39, 0.29) is 17.1 Å². The smallest absolute Gasteiger partial charge is 0.150 e. The summed E-state index contributed by atoms with van der Waals surface area (Å²) >= 11 is 0. The minimum absolute atomic E-state index is 0.207. The molecule has 0 unspecified atom stereocenters. The van der Waals surface area contributed by atoms with Crippen LogP contribution in [-0.4, -0.2) is 38.7 Å².